The Bertz CT molecular complexity index is 4330. The number of hydrogen-bond acceptors (Lipinski definition) is 15. The van der Waals surface area contributed by atoms with Crippen molar-refractivity contribution in [2.24, 2.45) is 0 Å². The molecule has 0 fully saturated rings. The van der Waals surface area contributed by atoms with Crippen LogP contribution in [-0.2, 0) is 60.7 Å². The van der Waals surface area contributed by atoms with Crippen LogP contribution in [0.15, 0.2) is 84.9 Å². The van der Waals surface area contributed by atoms with Crippen molar-refractivity contribution in [1.82, 2.24) is 8.75 Å². The maximum Gasteiger partial charge on any atom is 0.796 e. The molecule has 10 rings (SSSR count). The summed E-state index contributed by atoms with van der Waals surface area (Å²) in [5, 5.41) is 0. The van der Waals surface area contributed by atoms with E-state index in [4.69, 9.17) is 18.1 Å². The predicted molar refractivity (Wildman–Crippen MR) is 491 cm³/mol. The van der Waals surface area contributed by atoms with Crippen LogP contribution in [0.4, 0.5) is 17.3 Å². The van der Waals surface area contributed by atoms with Crippen LogP contribution >= 0.6 is 102 Å². The highest BCUT2D eigenvalue weighted by atomic mass is 32.1. The van der Waals surface area contributed by atoms with E-state index in [-0.39, 0.29) is 23.1 Å². The molecule has 0 saturated heterocycles. The fourth-order valence-electron chi connectivity index (χ4n) is 15.0. The van der Waals surface area contributed by atoms with Gasteiger partial charge < -0.3 is 9.31 Å². The number of nitrogens with zero attached hydrogens (tertiary/aromatic N) is 2. The van der Waals surface area contributed by atoms with Gasteiger partial charge in [-0.1, -0.05) is 222 Å². The largest absolute Gasteiger partial charge is 0.796 e. The van der Waals surface area contributed by atoms with E-state index in [0.29, 0.717) is 19.5 Å². The SMILES string of the molecule is CCCCCCc1ccc(-c2sc(C(=O)/C=C(\OB(F)F)c3cc(CCCCCC)c(-c4cc(CCCCCC)c(-c5ccc(-c6sc(-c7sc(/C(=C/C(=O)c8cc(CCCCCC)c(-c9ccc(CCCCCC)s9)s8)OB(F)F)cc7CCCCCC)cc6CCCCCC)c6nsnc56)s4)s3)cc2CCCCCC)s1. The standard InChI is InChI=1S/C92H118B2F4N2O4S9/c1-9-17-25-33-41-63-59-83(91-67(45-37-29-21-13-5)57-81(109-91)75(103-93(95)96)61-73(101)79-55-65(43-35-27-19-11-3)89(107-79)77-53-49-69(105-77)47-39-31-23-15-7)111-87(63)71-51-52-72(86-85(71)99-113-100-86)88-64(42-34-26-18-10-2)60-84(112-88)92-68(46-38-30-22-14-6)58-82(110-92)76(104-94(97)98)62-74(102)80-56-66(44-36-28-20-12-4)90(108-80)78-54-50-70(106-78)48-40-32-24-16-8/h49-62H,9-48H2,1-8H3/b75-61-,76-62-. The van der Waals surface area contributed by atoms with Crippen LogP contribution in [0.1, 0.15) is 333 Å². The zero-order valence-corrected chi connectivity index (χ0v) is 75.6. The lowest BCUT2D eigenvalue weighted by atomic mass is 9.98. The minimum Gasteiger partial charge on any atom is -0.504 e. The molecule has 0 spiro atoms. The molecular formula is C92H118B2F4N2O4S9. The Kier molecular flexibility index (Phi) is 38.4. The van der Waals surface area contributed by atoms with Crippen LogP contribution in [0.25, 0.3) is 82.5 Å². The number of thiophene rings is 8. The molecule has 9 heterocycles. The molecule has 0 aliphatic rings. The third-order valence-corrected chi connectivity index (χ3v) is 32.0. The molecule has 0 saturated carbocycles. The van der Waals surface area contributed by atoms with Crippen molar-refractivity contribution in [3.05, 3.63) is 148 Å². The molecule has 0 aliphatic heterocycles. The third kappa shape index (κ3) is 26.2. The fourth-order valence-corrected chi connectivity index (χ4v) is 25.3. The Morgan fingerprint density at radius 1 is 0.310 bits per heavy atom. The summed E-state index contributed by atoms with van der Waals surface area (Å²) in [5.41, 5.74) is 10.5. The van der Waals surface area contributed by atoms with E-state index in [1.807, 2.05) is 46.9 Å². The molecule has 0 atom stereocenters. The zero-order chi connectivity index (χ0) is 79.9. The molecule has 0 aliphatic carbocycles. The third-order valence-electron chi connectivity index (χ3n) is 21.3. The number of allylic oxidation sites excluding steroid dienone is 2. The first-order chi connectivity index (χ1) is 55.2. The molecule has 10 aromatic rings. The first-order valence-electron chi connectivity index (χ1n) is 42.8. The van der Waals surface area contributed by atoms with Crippen molar-refractivity contribution < 1.29 is 36.2 Å². The summed E-state index contributed by atoms with van der Waals surface area (Å²) in [7, 11) is -6.28. The fraction of sp³-hybridized carbons (Fsp3) is 0.522. The summed E-state index contributed by atoms with van der Waals surface area (Å²) in [6, 6.07) is 26.0. The van der Waals surface area contributed by atoms with Gasteiger partial charge in [-0.3, -0.25) is 9.59 Å². The lowest BCUT2D eigenvalue weighted by Crippen LogP contribution is -2.05. The molecule has 0 bridgehead atoms. The van der Waals surface area contributed by atoms with Crippen molar-refractivity contribution in [3.63, 3.8) is 0 Å². The Labute approximate surface area is 710 Å². The van der Waals surface area contributed by atoms with Crippen molar-refractivity contribution >= 4 is 151 Å². The number of unbranched alkanes of at least 4 members (excludes halogenated alkanes) is 24. The molecule has 608 valence electrons. The maximum absolute atomic E-state index is 14.9. The van der Waals surface area contributed by atoms with E-state index in [0.717, 1.165) is 311 Å². The molecule has 9 aromatic heterocycles. The van der Waals surface area contributed by atoms with Crippen LogP contribution in [0, 0.1) is 0 Å². The first-order valence-corrected chi connectivity index (χ1v) is 50.1. The van der Waals surface area contributed by atoms with Gasteiger partial charge in [-0.2, -0.15) is 8.75 Å². The zero-order valence-electron chi connectivity index (χ0n) is 68.2. The smallest absolute Gasteiger partial charge is 0.504 e. The minimum atomic E-state index is -3.14. The first kappa shape index (κ1) is 90.2. The monoisotopic (exact) mass is 1700 g/mol. The van der Waals surface area contributed by atoms with Gasteiger partial charge in [0.25, 0.3) is 0 Å². The van der Waals surface area contributed by atoms with Crippen molar-refractivity contribution in [2.45, 2.75) is 312 Å². The quantitative estimate of drug-likeness (QED) is 0.00944. The highest BCUT2D eigenvalue weighted by Crippen LogP contribution is 2.51. The van der Waals surface area contributed by atoms with Crippen LogP contribution in [-0.4, -0.2) is 35.3 Å². The lowest BCUT2D eigenvalue weighted by molar-refractivity contribution is 0.104. The molecule has 0 radical (unpaired) electrons. The molecule has 21 heteroatoms. The summed E-state index contributed by atoms with van der Waals surface area (Å²) in [5.74, 6) is -0.884. The summed E-state index contributed by atoms with van der Waals surface area (Å²) in [4.78, 5) is 45.1. The lowest BCUT2D eigenvalue weighted by Gasteiger charge is -2.09. The van der Waals surface area contributed by atoms with E-state index in [2.05, 4.69) is 104 Å². The van der Waals surface area contributed by atoms with Crippen molar-refractivity contribution in [3.8, 4) is 59.9 Å². The summed E-state index contributed by atoms with van der Waals surface area (Å²) in [6.45, 7) is 17.8. The van der Waals surface area contributed by atoms with Gasteiger partial charge in [0, 0.05) is 81.8 Å². The summed E-state index contributed by atoms with van der Waals surface area (Å²) in [6.07, 6.45) is 44.8. The number of fused-ring (bicyclic) bond motifs is 1. The van der Waals surface area contributed by atoms with Crippen molar-refractivity contribution in [2.75, 3.05) is 0 Å². The topological polar surface area (TPSA) is 78.4 Å². The number of hydrogen-bond donors (Lipinski definition) is 0. The number of aromatic nitrogens is 2. The van der Waals surface area contributed by atoms with E-state index >= 15 is 0 Å². The minimum absolute atomic E-state index is 0.108. The number of aryl methyl sites for hydroxylation is 8. The van der Waals surface area contributed by atoms with Gasteiger partial charge in [0.2, 0.25) is 0 Å². The van der Waals surface area contributed by atoms with Crippen molar-refractivity contribution in [1.29, 1.82) is 0 Å². The second-order valence-corrected chi connectivity index (χ2v) is 39.6. The number of carbonyl (C=O) groups is 2. The van der Waals surface area contributed by atoms with E-state index in [1.54, 1.807) is 22.7 Å². The Morgan fingerprint density at radius 3 is 0.885 bits per heavy atom. The van der Waals surface area contributed by atoms with Gasteiger partial charge >= 0.3 is 14.9 Å². The van der Waals surface area contributed by atoms with E-state index in [1.165, 1.54) is 129 Å². The molecule has 0 N–H and O–H groups in total. The number of halogens is 4. The molecule has 0 unspecified atom stereocenters. The molecule has 0 amide bonds. The van der Waals surface area contributed by atoms with Gasteiger partial charge in [-0.15, -0.1) is 90.7 Å². The second kappa shape index (κ2) is 48.1. The highest BCUT2D eigenvalue weighted by Gasteiger charge is 2.31. The van der Waals surface area contributed by atoms with Gasteiger partial charge in [0.1, 0.15) is 22.6 Å². The predicted octanol–water partition coefficient (Wildman–Crippen LogP) is 33.5. The maximum atomic E-state index is 14.9. The second-order valence-electron chi connectivity index (χ2n) is 30.4. The number of rotatable bonds is 56. The van der Waals surface area contributed by atoms with Crippen LogP contribution < -0.4 is 0 Å². The van der Waals surface area contributed by atoms with E-state index < -0.39 is 14.9 Å². The average Bonchev–Trinajstić information content (AvgIpc) is 1.61. The van der Waals surface area contributed by atoms with E-state index in [9.17, 15) is 26.9 Å². The van der Waals surface area contributed by atoms with Gasteiger partial charge in [0.05, 0.1) is 31.2 Å². The molecule has 1 aromatic carbocycles. The van der Waals surface area contributed by atoms with Gasteiger partial charge in [-0.05, 0) is 197 Å². The number of carbonyl (C=O) groups excluding carboxylic acids is 2. The number of benzene rings is 1. The molecule has 113 heavy (non-hydrogen) atoms. The average molecular weight is 1700 g/mol. The number of ketones is 2. The normalized spacial score (nSPS) is 12.1. The van der Waals surface area contributed by atoms with Gasteiger partial charge in [0.15, 0.2) is 11.6 Å². The molecular weight excluding hydrogens is 1580 g/mol. The Hall–Kier alpha value is -5.09. The van der Waals surface area contributed by atoms with Crippen LogP contribution in [0.2, 0.25) is 0 Å². The van der Waals surface area contributed by atoms with Gasteiger partial charge in [-0.25, -0.2) is 17.3 Å². The molecule has 6 nitrogen and oxygen atoms in total. The van der Waals surface area contributed by atoms with Crippen LogP contribution in [0.3, 0.4) is 0 Å². The summed E-state index contributed by atoms with van der Waals surface area (Å²) >= 11 is 14.1. The Balaban J connectivity index is 1.02. The summed E-state index contributed by atoms with van der Waals surface area (Å²) < 4.78 is 81.0. The highest BCUT2D eigenvalue weighted by molar-refractivity contribution is 7.26. The van der Waals surface area contributed by atoms with Crippen LogP contribution in [0.5, 0.6) is 0 Å². The Morgan fingerprint density at radius 2 is 0.584 bits per heavy atom.